The highest BCUT2D eigenvalue weighted by atomic mass is 16.5. The van der Waals surface area contributed by atoms with E-state index in [1.807, 2.05) is 31.4 Å². The van der Waals surface area contributed by atoms with Gasteiger partial charge >= 0.3 is 0 Å². The highest BCUT2D eigenvalue weighted by molar-refractivity contribution is 5.96. The summed E-state index contributed by atoms with van der Waals surface area (Å²) in [5.74, 6) is 1.39. The molecular weight excluding hydrogens is 384 g/mol. The number of ether oxygens (including phenoxy) is 1. The molecule has 0 aliphatic heterocycles. The van der Waals surface area contributed by atoms with Gasteiger partial charge in [-0.05, 0) is 24.3 Å². The molecule has 0 saturated carbocycles. The van der Waals surface area contributed by atoms with Gasteiger partial charge in [0.15, 0.2) is 11.5 Å². The maximum absolute atomic E-state index is 12.3. The Labute approximate surface area is 169 Å². The van der Waals surface area contributed by atoms with Gasteiger partial charge in [-0.2, -0.15) is 9.61 Å². The summed E-state index contributed by atoms with van der Waals surface area (Å²) in [4.78, 5) is 25.5. The summed E-state index contributed by atoms with van der Waals surface area (Å²) in [7, 11) is 3.40. The number of nitrogens with one attached hydrogen (secondary N) is 1. The number of anilines is 2. The number of fused-ring (bicyclic) bond motifs is 3. The summed E-state index contributed by atoms with van der Waals surface area (Å²) in [6.45, 7) is 0. The molecule has 4 heterocycles. The van der Waals surface area contributed by atoms with E-state index in [4.69, 9.17) is 9.72 Å². The van der Waals surface area contributed by atoms with E-state index in [0.717, 1.165) is 10.9 Å². The first-order valence-electron chi connectivity index (χ1n) is 9.09. The molecule has 148 valence electrons. The van der Waals surface area contributed by atoms with Crippen molar-refractivity contribution in [2.24, 2.45) is 7.05 Å². The number of hydrogen-bond donors (Lipinski definition) is 1. The lowest BCUT2D eigenvalue weighted by atomic mass is 10.2. The van der Waals surface area contributed by atoms with E-state index in [2.05, 4.69) is 25.5 Å². The number of nitrogens with zero attached hydrogens (tertiary/aromatic N) is 7. The van der Waals surface area contributed by atoms with Crippen molar-refractivity contribution in [3.63, 3.8) is 0 Å². The molecule has 0 spiro atoms. The minimum Gasteiger partial charge on any atom is -0.494 e. The van der Waals surface area contributed by atoms with Gasteiger partial charge in [-0.25, -0.2) is 15.0 Å². The van der Waals surface area contributed by atoms with Crippen LogP contribution >= 0.6 is 0 Å². The largest absolute Gasteiger partial charge is 0.494 e. The number of rotatable bonds is 4. The van der Waals surface area contributed by atoms with Crippen molar-refractivity contribution in [2.75, 3.05) is 12.4 Å². The molecule has 0 unspecified atom stereocenters. The molecule has 10 nitrogen and oxygen atoms in total. The molecule has 0 atom stereocenters. The zero-order valence-electron chi connectivity index (χ0n) is 16.1. The summed E-state index contributed by atoms with van der Waals surface area (Å²) in [6.07, 6.45) is 4.96. The van der Waals surface area contributed by atoms with Crippen molar-refractivity contribution in [1.29, 1.82) is 0 Å². The minimum atomic E-state index is -0.414. The second-order valence-corrected chi connectivity index (χ2v) is 6.54. The van der Waals surface area contributed by atoms with Crippen LogP contribution in [0.4, 0.5) is 11.6 Å². The summed E-state index contributed by atoms with van der Waals surface area (Å²) >= 11 is 0. The van der Waals surface area contributed by atoms with Crippen LogP contribution in [-0.2, 0) is 7.05 Å². The Morgan fingerprint density at radius 1 is 1.10 bits per heavy atom. The van der Waals surface area contributed by atoms with Crippen LogP contribution in [0.25, 0.3) is 27.9 Å². The van der Waals surface area contributed by atoms with Crippen molar-refractivity contribution < 1.29 is 4.74 Å². The summed E-state index contributed by atoms with van der Waals surface area (Å²) < 4.78 is 8.73. The molecule has 0 saturated heterocycles. The van der Waals surface area contributed by atoms with Gasteiger partial charge in [0, 0.05) is 24.8 Å². The average molecular weight is 400 g/mol. The number of para-hydroxylation sites is 1. The minimum absolute atomic E-state index is 0.265. The maximum Gasteiger partial charge on any atom is 0.293 e. The van der Waals surface area contributed by atoms with Crippen molar-refractivity contribution in [3.8, 4) is 17.1 Å². The van der Waals surface area contributed by atoms with E-state index >= 15 is 0 Å². The quantitative estimate of drug-likeness (QED) is 0.489. The smallest absolute Gasteiger partial charge is 0.293 e. The second kappa shape index (κ2) is 6.92. The number of aryl methyl sites for hydroxylation is 1. The lowest BCUT2D eigenvalue weighted by Gasteiger charge is -2.09. The van der Waals surface area contributed by atoms with Gasteiger partial charge in [0.05, 0.1) is 18.9 Å². The van der Waals surface area contributed by atoms with Gasteiger partial charge in [-0.15, -0.1) is 5.10 Å². The first-order valence-corrected chi connectivity index (χ1v) is 9.09. The first-order chi connectivity index (χ1) is 14.6. The Morgan fingerprint density at radius 3 is 2.80 bits per heavy atom. The van der Waals surface area contributed by atoms with Gasteiger partial charge in [0.2, 0.25) is 5.95 Å². The summed E-state index contributed by atoms with van der Waals surface area (Å²) in [6, 6.07) is 10.6. The third kappa shape index (κ3) is 2.91. The van der Waals surface area contributed by atoms with E-state index in [0.29, 0.717) is 28.7 Å². The molecule has 0 amide bonds. The zero-order chi connectivity index (χ0) is 20.7. The van der Waals surface area contributed by atoms with Gasteiger partial charge in [0.25, 0.3) is 5.56 Å². The molecular formula is C20H16N8O2. The Balaban J connectivity index is 1.80. The van der Waals surface area contributed by atoms with E-state index in [-0.39, 0.29) is 5.69 Å². The van der Waals surface area contributed by atoms with E-state index < -0.39 is 5.56 Å². The lowest BCUT2D eigenvalue weighted by Crippen LogP contribution is -2.11. The molecule has 0 fully saturated rings. The highest BCUT2D eigenvalue weighted by Gasteiger charge is 2.18. The molecule has 1 aromatic carbocycles. The Hall–Kier alpha value is -4.34. The van der Waals surface area contributed by atoms with Crippen LogP contribution < -0.4 is 15.6 Å². The van der Waals surface area contributed by atoms with Crippen molar-refractivity contribution in [2.45, 2.75) is 0 Å². The standard InChI is InChI=1S/C20H16N8O2/c1-27-11-12(10-22-27)17-25-18-13-6-5-8-15(30-2)16(13)24-20(28(18)26-17)23-14-7-3-4-9-21-19(14)29/h3-11H,1-2H3,(H,21,23,24,29). The Bertz CT molecular complexity index is 1460. The topological polar surface area (TPSA) is 112 Å². The molecule has 4 aromatic heterocycles. The van der Waals surface area contributed by atoms with Gasteiger partial charge in [-0.3, -0.25) is 9.48 Å². The highest BCUT2D eigenvalue weighted by Crippen LogP contribution is 2.30. The van der Waals surface area contributed by atoms with E-state index in [1.54, 1.807) is 40.7 Å². The fraction of sp³-hybridized carbons (Fsp3) is 0.100. The van der Waals surface area contributed by atoms with Crippen LogP contribution in [0.5, 0.6) is 5.75 Å². The third-order valence-electron chi connectivity index (χ3n) is 4.58. The predicted molar refractivity (Wildman–Crippen MR) is 111 cm³/mol. The number of hydrogen-bond acceptors (Lipinski definition) is 8. The van der Waals surface area contributed by atoms with Crippen molar-refractivity contribution in [3.05, 3.63) is 65.3 Å². The van der Waals surface area contributed by atoms with Crippen LogP contribution in [0.3, 0.4) is 0 Å². The molecule has 5 rings (SSSR count). The molecule has 0 aliphatic carbocycles. The Morgan fingerprint density at radius 2 is 2.00 bits per heavy atom. The molecule has 30 heavy (non-hydrogen) atoms. The molecule has 10 heteroatoms. The zero-order valence-corrected chi connectivity index (χ0v) is 16.1. The average Bonchev–Trinajstić information content (AvgIpc) is 3.33. The molecule has 0 aliphatic rings. The maximum atomic E-state index is 12.3. The summed E-state index contributed by atoms with van der Waals surface area (Å²) in [5, 5.41) is 12.6. The first kappa shape index (κ1) is 17.7. The summed E-state index contributed by atoms with van der Waals surface area (Å²) in [5.41, 5.74) is 1.78. The van der Waals surface area contributed by atoms with Crippen LogP contribution in [0.15, 0.2) is 59.8 Å². The van der Waals surface area contributed by atoms with Crippen LogP contribution in [0.1, 0.15) is 0 Å². The predicted octanol–water partition coefficient (Wildman–Crippen LogP) is 2.19. The molecule has 1 N–H and O–H groups in total. The monoisotopic (exact) mass is 400 g/mol. The SMILES string of the molecule is COc1cccc2c1nc(Nc1ccccnc1=O)n1nc(-c3cnn(C)c3)nc21. The van der Waals surface area contributed by atoms with E-state index in [9.17, 15) is 4.79 Å². The molecule has 5 aromatic rings. The lowest BCUT2D eigenvalue weighted by molar-refractivity contribution is 0.419. The van der Waals surface area contributed by atoms with Gasteiger partial charge < -0.3 is 10.1 Å². The molecule has 0 bridgehead atoms. The van der Waals surface area contributed by atoms with Crippen LogP contribution in [-0.4, -0.2) is 41.5 Å². The van der Waals surface area contributed by atoms with Crippen molar-refractivity contribution >= 4 is 28.2 Å². The number of methoxy groups -OCH3 is 1. The fourth-order valence-electron chi connectivity index (χ4n) is 3.18. The van der Waals surface area contributed by atoms with Crippen LogP contribution in [0, 0.1) is 0 Å². The fourth-order valence-corrected chi connectivity index (χ4v) is 3.18. The number of benzene rings is 1. The van der Waals surface area contributed by atoms with E-state index in [1.165, 1.54) is 6.20 Å². The molecule has 0 radical (unpaired) electrons. The third-order valence-corrected chi connectivity index (χ3v) is 4.58. The van der Waals surface area contributed by atoms with Crippen molar-refractivity contribution in [1.82, 2.24) is 34.3 Å². The normalized spacial score (nSPS) is 11.1. The van der Waals surface area contributed by atoms with Gasteiger partial charge in [0.1, 0.15) is 17.0 Å². The number of aromatic nitrogens is 7. The van der Waals surface area contributed by atoms with Gasteiger partial charge in [-0.1, -0.05) is 12.1 Å². The second-order valence-electron chi connectivity index (χ2n) is 6.54. The van der Waals surface area contributed by atoms with Crippen LogP contribution in [0.2, 0.25) is 0 Å². The Kier molecular flexibility index (Phi) is 4.09.